The molecule has 19 heavy (non-hydrogen) atoms. The maximum Gasteiger partial charge on any atom is 0.0284 e. The molecule has 1 aromatic carbocycles. The Kier molecular flexibility index (Phi) is 3.40. The van der Waals surface area contributed by atoms with Gasteiger partial charge in [0, 0.05) is 6.04 Å². The number of nitrogens with one attached hydrogen (secondary N) is 1. The molecule has 0 heterocycles. The van der Waals surface area contributed by atoms with Crippen LogP contribution in [0.2, 0.25) is 0 Å². The molecule has 0 radical (unpaired) electrons. The summed E-state index contributed by atoms with van der Waals surface area (Å²) in [6.07, 6.45) is 5.39. The molecule has 2 aliphatic rings. The van der Waals surface area contributed by atoms with E-state index in [2.05, 4.69) is 38.3 Å². The minimum Gasteiger partial charge on any atom is -0.271 e. The largest absolute Gasteiger partial charge is 0.271 e. The summed E-state index contributed by atoms with van der Waals surface area (Å²) < 4.78 is 0. The number of nitrogens with two attached hydrogens (primary N) is 1. The van der Waals surface area contributed by atoms with Gasteiger partial charge in [0.05, 0.1) is 0 Å². The van der Waals surface area contributed by atoms with E-state index in [4.69, 9.17) is 5.84 Å². The Hall–Kier alpha value is -0.860. The Morgan fingerprint density at radius 3 is 2.26 bits per heavy atom. The van der Waals surface area contributed by atoms with Crippen LogP contribution in [0.1, 0.15) is 41.5 Å². The van der Waals surface area contributed by atoms with Crippen LogP contribution < -0.4 is 11.3 Å². The molecule has 2 fully saturated rings. The molecule has 3 unspecified atom stereocenters. The van der Waals surface area contributed by atoms with E-state index in [0.717, 1.165) is 24.2 Å². The van der Waals surface area contributed by atoms with Crippen molar-refractivity contribution in [2.24, 2.45) is 23.6 Å². The molecular formula is C17H26N2. The maximum absolute atomic E-state index is 5.84. The number of hydrazine groups is 1. The van der Waals surface area contributed by atoms with Crippen LogP contribution in [0.15, 0.2) is 12.1 Å². The highest BCUT2D eigenvalue weighted by molar-refractivity contribution is 5.38. The van der Waals surface area contributed by atoms with E-state index in [0.29, 0.717) is 6.04 Å². The zero-order valence-corrected chi connectivity index (χ0v) is 12.4. The summed E-state index contributed by atoms with van der Waals surface area (Å²) >= 11 is 0. The summed E-state index contributed by atoms with van der Waals surface area (Å²) in [5, 5.41) is 0. The van der Waals surface area contributed by atoms with E-state index in [1.807, 2.05) is 0 Å². The fourth-order valence-electron chi connectivity index (χ4n) is 4.53. The van der Waals surface area contributed by atoms with Crippen LogP contribution in [0.3, 0.4) is 0 Å². The van der Waals surface area contributed by atoms with Crippen molar-refractivity contribution >= 4 is 0 Å². The Labute approximate surface area is 116 Å². The highest BCUT2D eigenvalue weighted by atomic mass is 15.2. The van der Waals surface area contributed by atoms with Gasteiger partial charge in [0.15, 0.2) is 0 Å². The molecule has 0 amide bonds. The first kappa shape index (κ1) is 13.1. The van der Waals surface area contributed by atoms with Gasteiger partial charge in [-0.2, -0.15) is 0 Å². The molecule has 0 bridgehead atoms. The molecule has 104 valence electrons. The monoisotopic (exact) mass is 258 g/mol. The summed E-state index contributed by atoms with van der Waals surface area (Å²) in [7, 11) is 0. The first-order chi connectivity index (χ1) is 9.11. The van der Waals surface area contributed by atoms with Gasteiger partial charge in [-0.3, -0.25) is 11.3 Å². The molecule has 1 aromatic rings. The van der Waals surface area contributed by atoms with Crippen molar-refractivity contribution in [3.05, 3.63) is 34.4 Å². The number of aryl methyl sites for hydroxylation is 3. The summed E-state index contributed by atoms with van der Waals surface area (Å²) in [4.78, 5) is 0. The smallest absolute Gasteiger partial charge is 0.0284 e. The van der Waals surface area contributed by atoms with Crippen molar-refractivity contribution in [2.45, 2.75) is 52.5 Å². The third-order valence-corrected chi connectivity index (χ3v) is 5.42. The van der Waals surface area contributed by atoms with Gasteiger partial charge in [0.2, 0.25) is 0 Å². The van der Waals surface area contributed by atoms with Gasteiger partial charge >= 0.3 is 0 Å². The first-order valence-corrected chi connectivity index (χ1v) is 7.64. The number of hydrogen-bond donors (Lipinski definition) is 2. The normalized spacial score (nSPS) is 30.2. The Morgan fingerprint density at radius 2 is 1.74 bits per heavy atom. The second kappa shape index (κ2) is 4.92. The van der Waals surface area contributed by atoms with E-state index < -0.39 is 0 Å². The summed E-state index contributed by atoms with van der Waals surface area (Å²) in [6, 6.07) is 5.06. The maximum atomic E-state index is 5.84. The van der Waals surface area contributed by atoms with Crippen LogP contribution >= 0.6 is 0 Å². The predicted molar refractivity (Wildman–Crippen MR) is 79.8 cm³/mol. The predicted octanol–water partition coefficient (Wildman–Crippen LogP) is 3.03. The molecule has 2 nitrogen and oxygen atoms in total. The van der Waals surface area contributed by atoms with E-state index in [9.17, 15) is 0 Å². The van der Waals surface area contributed by atoms with Gasteiger partial charge < -0.3 is 0 Å². The standard InChI is InChI=1S/C17H26N2/c1-10-7-11(2)15(12(3)8-10)9-16(19-18)17-13-5-4-6-14(13)17/h7-8,13-14,16-17,19H,4-6,9,18H2,1-3H3. The second-order valence-electron chi connectivity index (χ2n) is 6.69. The van der Waals surface area contributed by atoms with E-state index >= 15 is 0 Å². The zero-order chi connectivity index (χ0) is 13.6. The number of rotatable bonds is 4. The fraction of sp³-hybridized carbons (Fsp3) is 0.647. The van der Waals surface area contributed by atoms with Crippen molar-refractivity contribution in [3.8, 4) is 0 Å². The molecular weight excluding hydrogens is 232 g/mol. The van der Waals surface area contributed by atoms with Crippen LogP contribution in [0.25, 0.3) is 0 Å². The lowest BCUT2D eigenvalue weighted by Crippen LogP contribution is -2.40. The molecule has 2 heteroatoms. The average Bonchev–Trinajstić information content (AvgIpc) is 2.82. The average molecular weight is 258 g/mol. The molecule has 3 atom stereocenters. The van der Waals surface area contributed by atoms with Gasteiger partial charge in [-0.15, -0.1) is 0 Å². The third kappa shape index (κ3) is 2.32. The second-order valence-corrected chi connectivity index (χ2v) is 6.69. The van der Waals surface area contributed by atoms with Crippen LogP contribution in [0.4, 0.5) is 0 Å². The number of benzene rings is 1. The molecule has 3 N–H and O–H groups in total. The lowest BCUT2D eigenvalue weighted by atomic mass is 9.91. The minimum absolute atomic E-state index is 0.468. The van der Waals surface area contributed by atoms with E-state index in [1.54, 1.807) is 0 Å². The lowest BCUT2D eigenvalue weighted by Gasteiger charge is -2.21. The van der Waals surface area contributed by atoms with Gasteiger partial charge in [-0.25, -0.2) is 0 Å². The van der Waals surface area contributed by atoms with Crippen LogP contribution in [0.5, 0.6) is 0 Å². The molecule has 0 spiro atoms. The van der Waals surface area contributed by atoms with Gasteiger partial charge in [-0.05, 0) is 74.5 Å². The molecule has 0 aliphatic heterocycles. The fourth-order valence-corrected chi connectivity index (χ4v) is 4.53. The molecule has 0 saturated heterocycles. The minimum atomic E-state index is 0.468. The number of hydrogen-bond acceptors (Lipinski definition) is 2. The topological polar surface area (TPSA) is 38.0 Å². The van der Waals surface area contributed by atoms with E-state index in [-0.39, 0.29) is 0 Å². The lowest BCUT2D eigenvalue weighted by molar-refractivity contribution is 0.409. The van der Waals surface area contributed by atoms with Crippen LogP contribution in [-0.2, 0) is 6.42 Å². The van der Waals surface area contributed by atoms with Gasteiger partial charge in [-0.1, -0.05) is 24.1 Å². The first-order valence-electron chi connectivity index (χ1n) is 7.64. The Morgan fingerprint density at radius 1 is 1.16 bits per heavy atom. The van der Waals surface area contributed by atoms with Crippen molar-refractivity contribution in [3.63, 3.8) is 0 Å². The SMILES string of the molecule is Cc1cc(C)c(CC(NN)C2C3CCCC32)c(C)c1. The van der Waals surface area contributed by atoms with Crippen LogP contribution in [-0.4, -0.2) is 6.04 Å². The molecule has 0 aromatic heterocycles. The van der Waals surface area contributed by atoms with Gasteiger partial charge in [0.1, 0.15) is 0 Å². The van der Waals surface area contributed by atoms with Crippen LogP contribution in [0, 0.1) is 38.5 Å². The zero-order valence-electron chi connectivity index (χ0n) is 12.4. The Bertz CT molecular complexity index is 447. The quantitative estimate of drug-likeness (QED) is 0.643. The highest BCUT2D eigenvalue weighted by Gasteiger charge is 2.55. The summed E-state index contributed by atoms with van der Waals surface area (Å²) in [5.74, 6) is 8.61. The molecule has 3 rings (SSSR count). The highest BCUT2D eigenvalue weighted by Crippen LogP contribution is 2.59. The van der Waals surface area contributed by atoms with Crippen molar-refractivity contribution in [2.75, 3.05) is 0 Å². The summed E-state index contributed by atoms with van der Waals surface area (Å²) in [5.41, 5.74) is 8.81. The molecule has 2 saturated carbocycles. The Balaban J connectivity index is 1.76. The van der Waals surface area contributed by atoms with Crippen molar-refractivity contribution in [1.82, 2.24) is 5.43 Å². The van der Waals surface area contributed by atoms with Crippen molar-refractivity contribution in [1.29, 1.82) is 0 Å². The molecule has 2 aliphatic carbocycles. The number of fused-ring (bicyclic) bond motifs is 1. The summed E-state index contributed by atoms with van der Waals surface area (Å²) in [6.45, 7) is 6.64. The van der Waals surface area contributed by atoms with E-state index in [1.165, 1.54) is 41.5 Å². The third-order valence-electron chi connectivity index (χ3n) is 5.42. The van der Waals surface area contributed by atoms with Crippen molar-refractivity contribution < 1.29 is 0 Å². The van der Waals surface area contributed by atoms with Gasteiger partial charge in [0.25, 0.3) is 0 Å².